The summed E-state index contributed by atoms with van der Waals surface area (Å²) in [4.78, 5) is 4.74. The number of rotatable bonds is 4. The van der Waals surface area contributed by atoms with Crippen molar-refractivity contribution in [2.75, 3.05) is 12.5 Å². The first kappa shape index (κ1) is 15.5. The van der Waals surface area contributed by atoms with E-state index in [0.717, 1.165) is 28.8 Å². The molecule has 8 heteroatoms. The van der Waals surface area contributed by atoms with Crippen molar-refractivity contribution in [1.29, 1.82) is 0 Å². The van der Waals surface area contributed by atoms with Gasteiger partial charge in [0.25, 0.3) is 0 Å². The fourth-order valence-electron chi connectivity index (χ4n) is 1.56. The number of anilines is 1. The smallest absolute Gasteiger partial charge is 0.416 e. The Morgan fingerprint density at radius 1 is 1.19 bits per heavy atom. The number of nitrogens with two attached hydrogens (primary N) is 1. The van der Waals surface area contributed by atoms with Gasteiger partial charge < -0.3 is 10.2 Å². The van der Waals surface area contributed by atoms with Crippen LogP contribution in [0, 0.1) is 0 Å². The van der Waals surface area contributed by atoms with E-state index in [2.05, 4.69) is 10.4 Å². The number of benzene rings is 1. The highest BCUT2D eigenvalue weighted by Crippen LogP contribution is 2.35. The van der Waals surface area contributed by atoms with Gasteiger partial charge in [-0.25, -0.2) is 10.8 Å². The van der Waals surface area contributed by atoms with E-state index in [1.807, 2.05) is 0 Å². The van der Waals surface area contributed by atoms with Gasteiger partial charge in [0.15, 0.2) is 0 Å². The molecule has 0 aliphatic rings. The Morgan fingerprint density at radius 3 is 2.38 bits per heavy atom. The van der Waals surface area contributed by atoms with Crippen molar-refractivity contribution in [3.63, 3.8) is 0 Å². The summed E-state index contributed by atoms with van der Waals surface area (Å²) in [6.45, 7) is 0. The van der Waals surface area contributed by atoms with Crippen LogP contribution in [0.4, 0.5) is 19.0 Å². The summed E-state index contributed by atoms with van der Waals surface area (Å²) in [5, 5.41) is 0.197. The third-order valence-electron chi connectivity index (χ3n) is 2.56. The van der Waals surface area contributed by atoms with E-state index in [4.69, 9.17) is 10.6 Å². The number of hydrazine groups is 1. The van der Waals surface area contributed by atoms with Crippen molar-refractivity contribution in [2.45, 2.75) is 16.1 Å². The molecule has 2 aromatic rings. The predicted molar refractivity (Wildman–Crippen MR) is 74.2 cm³/mol. The molecule has 2 rings (SSSR count). The summed E-state index contributed by atoms with van der Waals surface area (Å²) in [5.74, 6) is 5.78. The predicted octanol–water partition coefficient (Wildman–Crippen LogP) is 3.55. The molecule has 0 aliphatic carbocycles. The fourth-order valence-corrected chi connectivity index (χ4v) is 2.40. The van der Waals surface area contributed by atoms with Crippen molar-refractivity contribution in [3.05, 3.63) is 42.0 Å². The lowest BCUT2D eigenvalue weighted by atomic mass is 10.2. The van der Waals surface area contributed by atoms with E-state index in [1.54, 1.807) is 24.3 Å². The van der Waals surface area contributed by atoms with Crippen LogP contribution in [-0.4, -0.2) is 12.1 Å². The molecule has 0 atom stereocenters. The molecule has 0 unspecified atom stereocenters. The van der Waals surface area contributed by atoms with Gasteiger partial charge in [-0.2, -0.15) is 13.2 Å². The summed E-state index contributed by atoms with van der Waals surface area (Å²) < 4.78 is 43.4. The minimum atomic E-state index is -4.45. The fraction of sp³-hybridized carbons (Fsp3) is 0.154. The lowest BCUT2D eigenvalue weighted by molar-refractivity contribution is -0.137. The molecule has 4 nitrogen and oxygen atoms in total. The number of nitrogens with zero attached hydrogens (tertiary/aromatic N) is 1. The highest BCUT2D eigenvalue weighted by Gasteiger charge is 2.31. The molecule has 1 aromatic carbocycles. The third-order valence-corrected chi connectivity index (χ3v) is 3.49. The molecule has 0 amide bonds. The molecule has 1 aromatic heterocycles. The molecule has 21 heavy (non-hydrogen) atoms. The van der Waals surface area contributed by atoms with Crippen LogP contribution in [0.2, 0.25) is 0 Å². The number of nitrogen functional groups attached to an aromatic ring is 1. The highest BCUT2D eigenvalue weighted by molar-refractivity contribution is 7.99. The van der Waals surface area contributed by atoms with E-state index in [-0.39, 0.29) is 10.8 Å². The summed E-state index contributed by atoms with van der Waals surface area (Å²) >= 11 is 1.10. The van der Waals surface area contributed by atoms with Gasteiger partial charge in [0, 0.05) is 4.90 Å². The number of ether oxygens (including phenoxy) is 1. The van der Waals surface area contributed by atoms with E-state index in [1.165, 1.54) is 7.11 Å². The van der Waals surface area contributed by atoms with Gasteiger partial charge in [-0.1, -0.05) is 11.8 Å². The summed E-state index contributed by atoms with van der Waals surface area (Å²) in [6, 6.07) is 8.76. The summed E-state index contributed by atoms with van der Waals surface area (Å²) in [6.07, 6.45) is -4.45. The molecule has 3 N–H and O–H groups in total. The van der Waals surface area contributed by atoms with E-state index in [0.29, 0.717) is 5.75 Å². The number of hydrogen-bond acceptors (Lipinski definition) is 5. The SMILES string of the molecule is COc1ccc(Sc2cc(C(F)(F)F)cc(NN)n2)cc1. The second-order valence-corrected chi connectivity index (χ2v) is 5.09. The maximum absolute atomic E-state index is 12.8. The van der Waals surface area contributed by atoms with E-state index >= 15 is 0 Å². The Morgan fingerprint density at radius 2 is 1.86 bits per heavy atom. The molecule has 0 saturated carbocycles. The maximum Gasteiger partial charge on any atom is 0.416 e. The quantitative estimate of drug-likeness (QED) is 0.667. The zero-order valence-corrected chi connectivity index (χ0v) is 11.8. The standard InChI is InChI=1S/C13H12F3N3OS/c1-20-9-2-4-10(5-3-9)21-12-7-8(13(14,15)16)6-11(18-12)19-17/h2-7H,17H2,1H3,(H,18,19). The van der Waals surface area contributed by atoms with Gasteiger partial charge in [-0.3, -0.25) is 0 Å². The first-order chi connectivity index (χ1) is 9.92. The first-order valence-electron chi connectivity index (χ1n) is 5.80. The number of aromatic nitrogens is 1. The van der Waals surface area contributed by atoms with Gasteiger partial charge >= 0.3 is 6.18 Å². The van der Waals surface area contributed by atoms with Crippen LogP contribution in [-0.2, 0) is 6.18 Å². The zero-order valence-electron chi connectivity index (χ0n) is 10.9. The molecule has 1 heterocycles. The van der Waals surface area contributed by atoms with Gasteiger partial charge in [-0.15, -0.1) is 0 Å². The van der Waals surface area contributed by atoms with Crippen LogP contribution >= 0.6 is 11.8 Å². The highest BCUT2D eigenvalue weighted by atomic mass is 32.2. The van der Waals surface area contributed by atoms with Crippen molar-refractivity contribution in [1.82, 2.24) is 4.98 Å². The molecule has 0 fully saturated rings. The number of pyridine rings is 1. The lowest BCUT2D eigenvalue weighted by Gasteiger charge is -2.11. The Balaban J connectivity index is 2.29. The van der Waals surface area contributed by atoms with Crippen LogP contribution in [0.15, 0.2) is 46.3 Å². The Kier molecular flexibility index (Phi) is 4.59. The average molecular weight is 315 g/mol. The van der Waals surface area contributed by atoms with Crippen molar-refractivity contribution in [3.8, 4) is 5.75 Å². The molecule has 0 spiro atoms. The molecule has 0 bridgehead atoms. The normalized spacial score (nSPS) is 11.3. The molecule has 0 radical (unpaired) electrons. The molecular formula is C13H12F3N3OS. The molecule has 112 valence electrons. The Labute approximate surface area is 123 Å². The number of nitrogens with one attached hydrogen (secondary N) is 1. The van der Waals surface area contributed by atoms with E-state index < -0.39 is 11.7 Å². The maximum atomic E-state index is 12.8. The Hall–Kier alpha value is -1.93. The number of hydrogen-bond donors (Lipinski definition) is 2. The van der Waals surface area contributed by atoms with Crippen molar-refractivity contribution >= 4 is 17.6 Å². The third kappa shape index (κ3) is 4.02. The van der Waals surface area contributed by atoms with Gasteiger partial charge in [0.05, 0.1) is 12.7 Å². The van der Waals surface area contributed by atoms with Crippen LogP contribution < -0.4 is 16.0 Å². The van der Waals surface area contributed by atoms with Gasteiger partial charge in [-0.05, 0) is 36.4 Å². The van der Waals surface area contributed by atoms with E-state index in [9.17, 15) is 13.2 Å². The van der Waals surface area contributed by atoms with Crippen molar-refractivity contribution in [2.24, 2.45) is 5.84 Å². The summed E-state index contributed by atoms with van der Waals surface area (Å²) in [7, 11) is 1.54. The average Bonchev–Trinajstić information content (AvgIpc) is 2.46. The monoisotopic (exact) mass is 315 g/mol. The zero-order chi connectivity index (χ0) is 15.5. The Bertz CT molecular complexity index is 617. The van der Waals surface area contributed by atoms with Gasteiger partial charge in [0.2, 0.25) is 0 Å². The number of alkyl halides is 3. The van der Waals surface area contributed by atoms with Crippen LogP contribution in [0.3, 0.4) is 0 Å². The van der Waals surface area contributed by atoms with Crippen LogP contribution in [0.5, 0.6) is 5.75 Å². The number of halogens is 3. The van der Waals surface area contributed by atoms with Crippen LogP contribution in [0.1, 0.15) is 5.56 Å². The van der Waals surface area contributed by atoms with Crippen molar-refractivity contribution < 1.29 is 17.9 Å². The largest absolute Gasteiger partial charge is 0.497 e. The minimum absolute atomic E-state index is 0.0409. The molecular weight excluding hydrogens is 303 g/mol. The van der Waals surface area contributed by atoms with Gasteiger partial charge in [0.1, 0.15) is 16.6 Å². The molecule has 0 saturated heterocycles. The topological polar surface area (TPSA) is 60.2 Å². The van der Waals surface area contributed by atoms with Crippen LogP contribution in [0.25, 0.3) is 0 Å². The molecule has 0 aliphatic heterocycles. The lowest BCUT2D eigenvalue weighted by Crippen LogP contribution is -2.12. The number of methoxy groups -OCH3 is 1. The summed E-state index contributed by atoms with van der Waals surface area (Å²) in [5.41, 5.74) is 1.34. The second-order valence-electron chi connectivity index (χ2n) is 4.00. The second kappa shape index (κ2) is 6.23. The first-order valence-corrected chi connectivity index (χ1v) is 6.62. The minimum Gasteiger partial charge on any atom is -0.497 e.